The molecule has 158 valence electrons. The van der Waals surface area contributed by atoms with Crippen LogP contribution in [0.2, 0.25) is 0 Å². The highest BCUT2D eigenvalue weighted by Crippen LogP contribution is 2.25. The van der Waals surface area contributed by atoms with Crippen LogP contribution in [-0.2, 0) is 27.9 Å². The van der Waals surface area contributed by atoms with Crippen LogP contribution in [0.4, 0.5) is 0 Å². The zero-order valence-corrected chi connectivity index (χ0v) is 18.0. The van der Waals surface area contributed by atoms with E-state index in [-0.39, 0.29) is 12.5 Å². The second-order valence-electron chi connectivity index (χ2n) is 7.89. The summed E-state index contributed by atoms with van der Waals surface area (Å²) in [5.41, 5.74) is 3.09. The summed E-state index contributed by atoms with van der Waals surface area (Å²) in [4.78, 5) is 12.7. The number of amides is 1. The molecule has 2 aromatic carbocycles. The second kappa shape index (κ2) is 8.62. The van der Waals surface area contributed by atoms with Crippen LogP contribution in [0.15, 0.2) is 59.6 Å². The summed E-state index contributed by atoms with van der Waals surface area (Å²) in [6.07, 6.45) is 4.73. The SMILES string of the molecule is Cc1ccc(CNC(=O)Cn2ccc3cc(S(=O)(=O)N4CCCCC4)ccc32)cc1. The van der Waals surface area contributed by atoms with Gasteiger partial charge in [-0.1, -0.05) is 36.2 Å². The van der Waals surface area contributed by atoms with Gasteiger partial charge in [-0.3, -0.25) is 4.79 Å². The Kier molecular flexibility index (Phi) is 5.92. The van der Waals surface area contributed by atoms with Crippen molar-refractivity contribution in [2.24, 2.45) is 0 Å². The topological polar surface area (TPSA) is 71.4 Å². The number of fused-ring (bicyclic) bond motifs is 1. The highest BCUT2D eigenvalue weighted by molar-refractivity contribution is 7.89. The molecule has 30 heavy (non-hydrogen) atoms. The van der Waals surface area contributed by atoms with E-state index in [9.17, 15) is 13.2 Å². The van der Waals surface area contributed by atoms with Crippen LogP contribution in [0, 0.1) is 6.92 Å². The van der Waals surface area contributed by atoms with Crippen LogP contribution in [0.5, 0.6) is 0 Å². The number of piperidine rings is 1. The Morgan fingerprint density at radius 3 is 2.47 bits per heavy atom. The molecule has 2 heterocycles. The molecule has 1 aliphatic heterocycles. The molecular formula is C23H27N3O3S. The molecule has 0 bridgehead atoms. The lowest BCUT2D eigenvalue weighted by atomic mass is 10.1. The number of carbonyl (C=O) groups excluding carboxylic acids is 1. The van der Waals surface area contributed by atoms with E-state index in [1.165, 1.54) is 5.56 Å². The minimum atomic E-state index is -3.46. The standard InChI is InChI=1S/C23H27N3O3S/c1-18-5-7-19(8-6-18)16-24-23(27)17-25-14-11-20-15-21(9-10-22(20)25)30(28,29)26-12-3-2-4-13-26/h5-11,14-15H,2-4,12-13,16-17H2,1H3,(H,24,27). The van der Waals surface area contributed by atoms with Crippen LogP contribution < -0.4 is 5.32 Å². The van der Waals surface area contributed by atoms with Gasteiger partial charge in [0.2, 0.25) is 15.9 Å². The molecule has 0 atom stereocenters. The van der Waals surface area contributed by atoms with Gasteiger partial charge in [-0.2, -0.15) is 4.31 Å². The Hall–Kier alpha value is -2.64. The third-order valence-electron chi connectivity index (χ3n) is 5.62. The van der Waals surface area contributed by atoms with Gasteiger partial charge in [0, 0.05) is 36.7 Å². The largest absolute Gasteiger partial charge is 0.350 e. The maximum Gasteiger partial charge on any atom is 0.243 e. The first-order valence-corrected chi connectivity index (χ1v) is 11.8. The lowest BCUT2D eigenvalue weighted by Crippen LogP contribution is -2.35. The molecule has 1 aliphatic rings. The fourth-order valence-electron chi connectivity index (χ4n) is 3.85. The van der Waals surface area contributed by atoms with E-state index in [4.69, 9.17) is 0 Å². The number of hydrogen-bond acceptors (Lipinski definition) is 3. The first kappa shape index (κ1) is 20.6. The average molecular weight is 426 g/mol. The Morgan fingerprint density at radius 2 is 1.73 bits per heavy atom. The van der Waals surface area contributed by atoms with Crippen molar-refractivity contribution < 1.29 is 13.2 Å². The van der Waals surface area contributed by atoms with E-state index in [0.717, 1.165) is 35.7 Å². The zero-order chi connectivity index (χ0) is 21.1. The van der Waals surface area contributed by atoms with E-state index >= 15 is 0 Å². The number of aryl methyl sites for hydroxylation is 1. The lowest BCUT2D eigenvalue weighted by molar-refractivity contribution is -0.121. The Balaban J connectivity index is 1.45. The molecule has 1 aromatic heterocycles. The number of carbonyl (C=O) groups is 1. The maximum absolute atomic E-state index is 12.9. The molecule has 7 heteroatoms. The number of hydrogen-bond donors (Lipinski definition) is 1. The van der Waals surface area contributed by atoms with Crippen molar-refractivity contribution in [3.05, 3.63) is 65.9 Å². The van der Waals surface area contributed by atoms with Crippen molar-refractivity contribution in [2.75, 3.05) is 13.1 Å². The molecule has 0 aliphatic carbocycles. The summed E-state index contributed by atoms with van der Waals surface area (Å²) < 4.78 is 29.2. The quantitative estimate of drug-likeness (QED) is 0.658. The summed E-state index contributed by atoms with van der Waals surface area (Å²) >= 11 is 0. The normalized spacial score (nSPS) is 15.4. The molecule has 1 saturated heterocycles. The minimum absolute atomic E-state index is 0.0851. The van der Waals surface area contributed by atoms with Gasteiger partial charge in [-0.25, -0.2) is 8.42 Å². The van der Waals surface area contributed by atoms with Crippen LogP contribution in [0.25, 0.3) is 10.9 Å². The van der Waals surface area contributed by atoms with Crippen LogP contribution in [0.1, 0.15) is 30.4 Å². The summed E-state index contributed by atoms with van der Waals surface area (Å²) in [5.74, 6) is -0.0851. The molecular weight excluding hydrogens is 398 g/mol. The second-order valence-corrected chi connectivity index (χ2v) is 9.83. The number of sulfonamides is 1. The van der Waals surface area contributed by atoms with Gasteiger partial charge >= 0.3 is 0 Å². The summed E-state index contributed by atoms with van der Waals surface area (Å²) in [5, 5.41) is 3.76. The fourth-order valence-corrected chi connectivity index (χ4v) is 5.40. The van der Waals surface area contributed by atoms with Gasteiger partial charge in [0.15, 0.2) is 0 Å². The first-order chi connectivity index (χ1) is 14.4. The minimum Gasteiger partial charge on any atom is -0.350 e. The van der Waals surface area contributed by atoms with Crippen LogP contribution >= 0.6 is 0 Å². The Bertz CT molecular complexity index is 1140. The van der Waals surface area contributed by atoms with Crippen molar-refractivity contribution in [1.82, 2.24) is 14.2 Å². The number of aromatic nitrogens is 1. The lowest BCUT2D eigenvalue weighted by Gasteiger charge is -2.25. The highest BCUT2D eigenvalue weighted by atomic mass is 32.2. The van der Waals surface area contributed by atoms with E-state index in [1.54, 1.807) is 22.5 Å². The van der Waals surface area contributed by atoms with Crippen molar-refractivity contribution in [3.63, 3.8) is 0 Å². The molecule has 0 radical (unpaired) electrons. The van der Waals surface area contributed by atoms with Crippen molar-refractivity contribution >= 4 is 26.8 Å². The maximum atomic E-state index is 12.9. The molecule has 6 nitrogen and oxygen atoms in total. The number of rotatable bonds is 6. The van der Waals surface area contributed by atoms with E-state index < -0.39 is 10.0 Å². The van der Waals surface area contributed by atoms with Gasteiger partial charge in [-0.15, -0.1) is 0 Å². The average Bonchev–Trinajstić information content (AvgIpc) is 3.16. The van der Waals surface area contributed by atoms with Crippen molar-refractivity contribution in [2.45, 2.75) is 44.2 Å². The third kappa shape index (κ3) is 4.42. The Labute approximate surface area is 177 Å². The van der Waals surface area contributed by atoms with E-state index in [1.807, 2.05) is 48.0 Å². The van der Waals surface area contributed by atoms with Crippen LogP contribution in [0.3, 0.4) is 0 Å². The first-order valence-electron chi connectivity index (χ1n) is 10.3. The summed E-state index contributed by atoms with van der Waals surface area (Å²) in [6.45, 7) is 3.87. The fraction of sp³-hybridized carbons (Fsp3) is 0.348. The van der Waals surface area contributed by atoms with Gasteiger partial charge in [0.05, 0.1) is 4.90 Å². The number of nitrogens with zero attached hydrogens (tertiary/aromatic N) is 2. The summed E-state index contributed by atoms with van der Waals surface area (Å²) in [6, 6.07) is 15.1. The van der Waals surface area contributed by atoms with Crippen molar-refractivity contribution in [1.29, 1.82) is 0 Å². The molecule has 1 amide bonds. The number of nitrogens with one attached hydrogen (secondary N) is 1. The Morgan fingerprint density at radius 1 is 1.00 bits per heavy atom. The predicted molar refractivity (Wildman–Crippen MR) is 118 cm³/mol. The van der Waals surface area contributed by atoms with Gasteiger partial charge in [0.25, 0.3) is 0 Å². The van der Waals surface area contributed by atoms with Crippen molar-refractivity contribution in [3.8, 4) is 0 Å². The predicted octanol–water partition coefficient (Wildman–Crippen LogP) is 3.44. The molecule has 1 N–H and O–H groups in total. The van der Waals surface area contributed by atoms with Gasteiger partial charge in [0.1, 0.15) is 6.54 Å². The highest BCUT2D eigenvalue weighted by Gasteiger charge is 2.26. The van der Waals surface area contributed by atoms with E-state index in [0.29, 0.717) is 24.5 Å². The molecule has 0 unspecified atom stereocenters. The van der Waals surface area contributed by atoms with E-state index in [2.05, 4.69) is 5.32 Å². The monoisotopic (exact) mass is 425 g/mol. The van der Waals surface area contributed by atoms with Gasteiger partial charge < -0.3 is 9.88 Å². The molecule has 0 spiro atoms. The molecule has 0 saturated carbocycles. The number of benzene rings is 2. The van der Waals surface area contributed by atoms with Crippen LogP contribution in [-0.4, -0.2) is 36.3 Å². The summed E-state index contributed by atoms with van der Waals surface area (Å²) in [7, 11) is -3.46. The smallest absolute Gasteiger partial charge is 0.243 e. The molecule has 4 rings (SSSR count). The third-order valence-corrected chi connectivity index (χ3v) is 7.51. The molecule has 3 aromatic rings. The zero-order valence-electron chi connectivity index (χ0n) is 17.2. The molecule has 1 fully saturated rings. The van der Waals surface area contributed by atoms with Gasteiger partial charge in [-0.05, 0) is 49.6 Å².